The molecule has 0 amide bonds. The van der Waals surface area contributed by atoms with Crippen molar-refractivity contribution in [2.45, 2.75) is 60.5 Å². The number of esters is 1. The Bertz CT molecular complexity index is 280. The number of rotatable bonds is 4. The molecule has 0 aromatic rings. The predicted octanol–water partition coefficient (Wildman–Crippen LogP) is 3.40. The fourth-order valence-corrected chi connectivity index (χ4v) is 1.64. The van der Waals surface area contributed by atoms with Crippen molar-refractivity contribution in [3.63, 3.8) is 0 Å². The minimum Gasteiger partial charge on any atom is -0.462 e. The molecule has 0 saturated carbocycles. The van der Waals surface area contributed by atoms with Crippen LogP contribution in [0.3, 0.4) is 0 Å². The summed E-state index contributed by atoms with van der Waals surface area (Å²) in [6.07, 6.45) is 6.85. The van der Waals surface area contributed by atoms with Crippen LogP contribution in [-0.2, 0) is 9.53 Å². The van der Waals surface area contributed by atoms with Gasteiger partial charge in [-0.2, -0.15) is 0 Å². The topological polar surface area (TPSA) is 26.3 Å². The van der Waals surface area contributed by atoms with E-state index < -0.39 is 5.41 Å². The van der Waals surface area contributed by atoms with Gasteiger partial charge in [0.05, 0.1) is 6.10 Å². The molecule has 0 bridgehead atoms. The molecule has 16 heavy (non-hydrogen) atoms. The van der Waals surface area contributed by atoms with Crippen LogP contribution in [0.5, 0.6) is 0 Å². The minimum atomic E-state index is -0.818. The predicted molar refractivity (Wildman–Crippen MR) is 66.9 cm³/mol. The zero-order valence-corrected chi connectivity index (χ0v) is 11.4. The largest absolute Gasteiger partial charge is 0.462 e. The summed E-state index contributed by atoms with van der Waals surface area (Å²) >= 11 is 0. The summed E-state index contributed by atoms with van der Waals surface area (Å²) in [6.45, 7) is 11.8. The molecule has 92 valence electrons. The number of carbonyl (C=O) groups is 1. The fraction of sp³-hybridized carbons (Fsp3) is 0.786. The number of terminal acetylenes is 1. The van der Waals surface area contributed by atoms with Gasteiger partial charge >= 0.3 is 5.97 Å². The van der Waals surface area contributed by atoms with Crippen molar-refractivity contribution in [2.75, 3.05) is 0 Å². The Kier molecular flexibility index (Phi) is 5.06. The standard InChI is InChI=1S/C14H24O2/c1-8-11(3)16-12(15)14(7,9-2)10-13(4,5)6/h2,11H,8,10H2,1,3-7H3. The first-order valence-corrected chi connectivity index (χ1v) is 5.83. The van der Waals surface area contributed by atoms with Crippen LogP contribution in [0.1, 0.15) is 54.4 Å². The van der Waals surface area contributed by atoms with E-state index in [0.717, 1.165) is 6.42 Å². The van der Waals surface area contributed by atoms with Crippen LogP contribution in [0.2, 0.25) is 0 Å². The second-order valence-electron chi connectivity index (χ2n) is 5.84. The zero-order valence-electron chi connectivity index (χ0n) is 11.4. The van der Waals surface area contributed by atoms with Crippen molar-refractivity contribution < 1.29 is 9.53 Å². The summed E-state index contributed by atoms with van der Waals surface area (Å²) in [5.41, 5.74) is -0.808. The number of hydrogen-bond acceptors (Lipinski definition) is 2. The van der Waals surface area contributed by atoms with Gasteiger partial charge in [0.2, 0.25) is 0 Å². The zero-order chi connectivity index (χ0) is 13.0. The third-order valence-electron chi connectivity index (χ3n) is 2.54. The van der Waals surface area contributed by atoms with Crippen molar-refractivity contribution >= 4 is 5.97 Å². The van der Waals surface area contributed by atoms with Crippen molar-refractivity contribution in [2.24, 2.45) is 10.8 Å². The quantitative estimate of drug-likeness (QED) is 0.540. The van der Waals surface area contributed by atoms with E-state index in [9.17, 15) is 4.79 Å². The molecule has 2 atom stereocenters. The first-order valence-electron chi connectivity index (χ1n) is 5.83. The van der Waals surface area contributed by atoms with E-state index in [1.165, 1.54) is 0 Å². The van der Waals surface area contributed by atoms with Gasteiger partial charge in [-0.1, -0.05) is 33.6 Å². The molecule has 0 aliphatic heterocycles. The highest BCUT2D eigenvalue weighted by atomic mass is 16.5. The molecular weight excluding hydrogens is 200 g/mol. The van der Waals surface area contributed by atoms with Gasteiger partial charge in [0.1, 0.15) is 5.41 Å². The lowest BCUT2D eigenvalue weighted by Gasteiger charge is -2.30. The van der Waals surface area contributed by atoms with Crippen LogP contribution in [0.4, 0.5) is 0 Å². The molecule has 0 fully saturated rings. The van der Waals surface area contributed by atoms with Crippen LogP contribution in [-0.4, -0.2) is 12.1 Å². The third kappa shape index (κ3) is 4.70. The Morgan fingerprint density at radius 3 is 2.19 bits per heavy atom. The maximum Gasteiger partial charge on any atom is 0.324 e. The van der Waals surface area contributed by atoms with Crippen LogP contribution in [0, 0.1) is 23.2 Å². The van der Waals surface area contributed by atoms with Crippen LogP contribution in [0.15, 0.2) is 0 Å². The lowest BCUT2D eigenvalue weighted by atomic mass is 9.75. The summed E-state index contributed by atoms with van der Waals surface area (Å²) < 4.78 is 5.32. The van der Waals surface area contributed by atoms with Gasteiger partial charge in [0.25, 0.3) is 0 Å². The molecule has 0 aliphatic rings. The number of ether oxygens (including phenoxy) is 1. The Hall–Kier alpha value is -0.970. The van der Waals surface area contributed by atoms with Gasteiger partial charge < -0.3 is 4.74 Å². The van der Waals surface area contributed by atoms with E-state index in [1.54, 1.807) is 6.92 Å². The lowest BCUT2D eigenvalue weighted by molar-refractivity contribution is -0.157. The van der Waals surface area contributed by atoms with Gasteiger partial charge in [-0.25, -0.2) is 0 Å². The summed E-state index contributed by atoms with van der Waals surface area (Å²) in [7, 11) is 0. The van der Waals surface area contributed by atoms with E-state index in [4.69, 9.17) is 11.2 Å². The van der Waals surface area contributed by atoms with Crippen molar-refractivity contribution in [1.29, 1.82) is 0 Å². The van der Waals surface area contributed by atoms with E-state index >= 15 is 0 Å². The van der Waals surface area contributed by atoms with E-state index in [-0.39, 0.29) is 17.5 Å². The molecule has 2 unspecified atom stereocenters. The Morgan fingerprint density at radius 1 is 1.38 bits per heavy atom. The summed E-state index contributed by atoms with van der Waals surface area (Å²) in [5.74, 6) is 2.31. The van der Waals surface area contributed by atoms with Gasteiger partial charge in [-0.05, 0) is 32.1 Å². The lowest BCUT2D eigenvalue weighted by Crippen LogP contribution is -2.34. The molecule has 0 heterocycles. The highest BCUT2D eigenvalue weighted by molar-refractivity contribution is 5.80. The van der Waals surface area contributed by atoms with Gasteiger partial charge in [0, 0.05) is 0 Å². The highest BCUT2D eigenvalue weighted by Gasteiger charge is 2.37. The smallest absolute Gasteiger partial charge is 0.324 e. The second-order valence-corrected chi connectivity index (χ2v) is 5.84. The monoisotopic (exact) mass is 224 g/mol. The summed E-state index contributed by atoms with van der Waals surface area (Å²) in [4.78, 5) is 12.0. The molecule has 0 radical (unpaired) electrons. The highest BCUT2D eigenvalue weighted by Crippen LogP contribution is 2.34. The maximum atomic E-state index is 12.0. The molecule has 2 heteroatoms. The van der Waals surface area contributed by atoms with Gasteiger partial charge in [-0.3, -0.25) is 4.79 Å². The van der Waals surface area contributed by atoms with E-state index in [0.29, 0.717) is 6.42 Å². The molecule has 0 rings (SSSR count). The van der Waals surface area contributed by atoms with Crippen molar-refractivity contribution in [3.05, 3.63) is 0 Å². The van der Waals surface area contributed by atoms with Crippen molar-refractivity contribution in [3.8, 4) is 12.3 Å². The van der Waals surface area contributed by atoms with E-state index in [1.807, 2.05) is 13.8 Å². The van der Waals surface area contributed by atoms with Crippen LogP contribution >= 0.6 is 0 Å². The molecule has 0 saturated heterocycles. The third-order valence-corrected chi connectivity index (χ3v) is 2.54. The Labute approximate surface area is 99.8 Å². The molecular formula is C14H24O2. The van der Waals surface area contributed by atoms with Crippen LogP contribution < -0.4 is 0 Å². The van der Waals surface area contributed by atoms with Crippen LogP contribution in [0.25, 0.3) is 0 Å². The van der Waals surface area contributed by atoms with Gasteiger partial charge in [0.15, 0.2) is 0 Å². The first kappa shape index (κ1) is 15.0. The molecule has 0 aromatic carbocycles. The molecule has 0 N–H and O–H groups in total. The average Bonchev–Trinajstić information content (AvgIpc) is 2.14. The second kappa shape index (κ2) is 5.39. The van der Waals surface area contributed by atoms with E-state index in [2.05, 4.69) is 26.7 Å². The SMILES string of the molecule is C#CC(C)(CC(C)(C)C)C(=O)OC(C)CC. The minimum absolute atomic E-state index is 0.00952. The molecule has 0 aromatic heterocycles. The summed E-state index contributed by atoms with van der Waals surface area (Å²) in [5, 5.41) is 0. The number of hydrogen-bond donors (Lipinski definition) is 0. The first-order chi connectivity index (χ1) is 7.14. The normalized spacial score (nSPS) is 17.1. The van der Waals surface area contributed by atoms with Crippen molar-refractivity contribution in [1.82, 2.24) is 0 Å². The maximum absolute atomic E-state index is 12.0. The molecule has 2 nitrogen and oxygen atoms in total. The Morgan fingerprint density at radius 2 is 1.88 bits per heavy atom. The Balaban J connectivity index is 4.72. The molecule has 0 spiro atoms. The molecule has 0 aliphatic carbocycles. The fourth-order valence-electron chi connectivity index (χ4n) is 1.64. The average molecular weight is 224 g/mol. The van der Waals surface area contributed by atoms with Gasteiger partial charge in [-0.15, -0.1) is 6.42 Å². The number of carbonyl (C=O) groups excluding carboxylic acids is 1. The summed E-state index contributed by atoms with van der Waals surface area (Å²) in [6, 6.07) is 0.